The lowest BCUT2D eigenvalue weighted by atomic mass is 9.62. The molecule has 2 aliphatic carbocycles. The van der Waals surface area contributed by atoms with Crippen molar-refractivity contribution in [2.45, 2.75) is 101 Å². The average Bonchev–Trinajstić information content (AvgIpc) is 2.76. The molecular formula is C27H40N2O3S. The monoisotopic (exact) mass is 472 g/mol. The van der Waals surface area contributed by atoms with Crippen LogP contribution in [-0.2, 0) is 9.59 Å². The van der Waals surface area contributed by atoms with Gasteiger partial charge >= 0.3 is 5.97 Å². The highest BCUT2D eigenvalue weighted by Gasteiger charge is 2.49. The first-order valence-corrected chi connectivity index (χ1v) is 13.7. The summed E-state index contributed by atoms with van der Waals surface area (Å²) in [6.45, 7) is 7.75. The van der Waals surface area contributed by atoms with Crippen molar-refractivity contribution in [2.24, 2.45) is 11.8 Å². The number of ether oxygens (including phenoxy) is 1. The van der Waals surface area contributed by atoms with Crippen LogP contribution in [0.25, 0.3) is 0 Å². The number of benzene rings is 1. The van der Waals surface area contributed by atoms with Crippen molar-refractivity contribution in [1.82, 2.24) is 5.32 Å². The molecule has 1 aromatic carbocycles. The van der Waals surface area contributed by atoms with Crippen molar-refractivity contribution >= 4 is 29.3 Å². The number of fused-ring (bicyclic) bond motifs is 3. The lowest BCUT2D eigenvalue weighted by molar-refractivity contribution is -0.132. The maximum atomic E-state index is 12.1. The minimum absolute atomic E-state index is 0.0149. The number of carbonyl (C=O) groups is 2. The van der Waals surface area contributed by atoms with E-state index in [4.69, 9.17) is 4.74 Å². The second-order valence-corrected chi connectivity index (χ2v) is 12.0. The standard InChI is InChI=1S/C27H40N2O3S/c1-17(30)28-20-11-12-23-22(13-20)26-24(29(5)27(23,3)4)14-21(15-25(26)32-18(2)31)33-16-19-9-7-6-8-10-19/h14-15,19-20,22-23H,6-13,16H2,1-5H3,(H,28,30)/t20?,22-,23-/m1/s1. The number of nitrogens with zero attached hydrogens (tertiary/aromatic N) is 1. The maximum Gasteiger partial charge on any atom is 0.308 e. The fraction of sp³-hybridized carbons (Fsp3) is 0.704. The molecule has 1 aromatic rings. The van der Waals surface area contributed by atoms with Crippen LogP contribution in [-0.4, -0.2) is 36.3 Å². The van der Waals surface area contributed by atoms with E-state index in [9.17, 15) is 9.59 Å². The molecule has 0 radical (unpaired) electrons. The van der Waals surface area contributed by atoms with Crippen molar-refractivity contribution in [1.29, 1.82) is 0 Å². The third-order valence-electron chi connectivity index (χ3n) is 8.32. The fourth-order valence-corrected chi connectivity index (χ4v) is 7.59. The molecule has 2 saturated carbocycles. The van der Waals surface area contributed by atoms with Crippen LogP contribution in [0, 0.1) is 11.8 Å². The van der Waals surface area contributed by atoms with Gasteiger partial charge in [-0.25, -0.2) is 0 Å². The molecule has 0 saturated heterocycles. The molecular weight excluding hydrogens is 432 g/mol. The summed E-state index contributed by atoms with van der Waals surface area (Å²) in [5.74, 6) is 3.07. The normalized spacial score (nSPS) is 26.8. The predicted octanol–water partition coefficient (Wildman–Crippen LogP) is 5.90. The molecule has 1 heterocycles. The van der Waals surface area contributed by atoms with Crippen molar-refractivity contribution in [3.05, 3.63) is 17.7 Å². The van der Waals surface area contributed by atoms with Gasteiger partial charge in [-0.1, -0.05) is 19.3 Å². The van der Waals surface area contributed by atoms with E-state index in [0.717, 1.165) is 36.5 Å². The zero-order valence-corrected chi connectivity index (χ0v) is 21.7. The van der Waals surface area contributed by atoms with E-state index in [1.165, 1.54) is 49.6 Å². The molecule has 1 N–H and O–H groups in total. The first-order valence-electron chi connectivity index (χ1n) is 12.7. The molecule has 33 heavy (non-hydrogen) atoms. The Morgan fingerprint density at radius 2 is 1.85 bits per heavy atom. The highest BCUT2D eigenvalue weighted by atomic mass is 32.2. The Kier molecular flexibility index (Phi) is 7.32. The molecule has 6 heteroatoms. The van der Waals surface area contributed by atoms with Crippen LogP contribution in [0.1, 0.15) is 90.5 Å². The quantitative estimate of drug-likeness (QED) is 0.328. The van der Waals surface area contributed by atoms with E-state index in [2.05, 4.69) is 43.2 Å². The molecule has 1 amide bonds. The Bertz CT molecular complexity index is 894. The van der Waals surface area contributed by atoms with Crippen LogP contribution in [0.5, 0.6) is 5.75 Å². The number of esters is 1. The summed E-state index contributed by atoms with van der Waals surface area (Å²) in [4.78, 5) is 27.4. The average molecular weight is 473 g/mol. The molecule has 4 rings (SSSR count). The lowest BCUT2D eigenvalue weighted by Gasteiger charge is -2.55. The highest BCUT2D eigenvalue weighted by molar-refractivity contribution is 7.99. The van der Waals surface area contributed by atoms with Gasteiger partial charge in [-0.2, -0.15) is 0 Å². The summed E-state index contributed by atoms with van der Waals surface area (Å²) in [5, 5.41) is 3.15. The van der Waals surface area contributed by atoms with E-state index in [1.54, 1.807) is 6.92 Å². The zero-order chi connectivity index (χ0) is 23.8. The molecule has 1 unspecified atom stereocenters. The molecule has 3 aliphatic rings. The predicted molar refractivity (Wildman–Crippen MR) is 135 cm³/mol. The third-order valence-corrected chi connectivity index (χ3v) is 9.53. The van der Waals surface area contributed by atoms with Gasteiger partial charge < -0.3 is 15.0 Å². The van der Waals surface area contributed by atoms with E-state index < -0.39 is 0 Å². The Labute approximate surface area is 203 Å². The van der Waals surface area contributed by atoms with Gasteiger partial charge in [-0.05, 0) is 75.8 Å². The summed E-state index contributed by atoms with van der Waals surface area (Å²) in [5.41, 5.74) is 2.31. The summed E-state index contributed by atoms with van der Waals surface area (Å²) in [7, 11) is 2.18. The van der Waals surface area contributed by atoms with Crippen LogP contribution < -0.4 is 15.0 Å². The lowest BCUT2D eigenvalue weighted by Crippen LogP contribution is -2.56. The van der Waals surface area contributed by atoms with Gasteiger partial charge in [0, 0.05) is 54.4 Å². The number of hydrogen-bond acceptors (Lipinski definition) is 5. The minimum atomic E-state index is -0.273. The minimum Gasteiger partial charge on any atom is -0.426 e. The first kappa shape index (κ1) is 24.4. The van der Waals surface area contributed by atoms with Crippen LogP contribution in [0.3, 0.4) is 0 Å². The molecule has 1 aliphatic heterocycles. The maximum absolute atomic E-state index is 12.1. The van der Waals surface area contributed by atoms with Crippen molar-refractivity contribution in [3.8, 4) is 5.75 Å². The Hall–Kier alpha value is -1.69. The van der Waals surface area contributed by atoms with Gasteiger partial charge in [-0.3, -0.25) is 9.59 Å². The molecule has 5 nitrogen and oxygen atoms in total. The van der Waals surface area contributed by atoms with Crippen molar-refractivity contribution < 1.29 is 14.3 Å². The summed E-state index contributed by atoms with van der Waals surface area (Å²) < 4.78 is 5.86. The van der Waals surface area contributed by atoms with Gasteiger partial charge in [0.1, 0.15) is 5.75 Å². The number of amides is 1. The SMILES string of the molecule is CC(=O)NC1CC[C@@H]2[C@@H](C1)c1c(OC(C)=O)cc(SCC3CCCCC3)cc1N(C)C2(C)C. The summed E-state index contributed by atoms with van der Waals surface area (Å²) in [6, 6.07) is 4.58. The summed E-state index contributed by atoms with van der Waals surface area (Å²) >= 11 is 1.91. The van der Waals surface area contributed by atoms with Gasteiger partial charge in [0.05, 0.1) is 0 Å². The van der Waals surface area contributed by atoms with Crippen LogP contribution in [0.2, 0.25) is 0 Å². The number of anilines is 1. The highest BCUT2D eigenvalue weighted by Crippen LogP contribution is 2.56. The van der Waals surface area contributed by atoms with Crippen molar-refractivity contribution in [2.75, 3.05) is 17.7 Å². The number of carbonyl (C=O) groups excluding carboxylic acids is 2. The van der Waals surface area contributed by atoms with Crippen LogP contribution in [0.4, 0.5) is 5.69 Å². The molecule has 0 bridgehead atoms. The zero-order valence-electron chi connectivity index (χ0n) is 20.9. The van der Waals surface area contributed by atoms with Crippen LogP contribution >= 0.6 is 11.8 Å². The van der Waals surface area contributed by atoms with E-state index in [1.807, 2.05) is 11.8 Å². The largest absolute Gasteiger partial charge is 0.426 e. The topological polar surface area (TPSA) is 58.6 Å². The van der Waals surface area contributed by atoms with Gasteiger partial charge in [0.15, 0.2) is 0 Å². The smallest absolute Gasteiger partial charge is 0.308 e. The van der Waals surface area contributed by atoms with E-state index in [-0.39, 0.29) is 29.4 Å². The Morgan fingerprint density at radius 3 is 2.52 bits per heavy atom. The van der Waals surface area contributed by atoms with Gasteiger partial charge in [0.2, 0.25) is 5.91 Å². The first-order chi connectivity index (χ1) is 15.7. The molecule has 182 valence electrons. The van der Waals surface area contributed by atoms with Crippen LogP contribution in [0.15, 0.2) is 17.0 Å². The van der Waals surface area contributed by atoms with E-state index in [0.29, 0.717) is 11.7 Å². The number of rotatable bonds is 5. The molecule has 3 atom stereocenters. The van der Waals surface area contributed by atoms with Gasteiger partial charge in [0.25, 0.3) is 0 Å². The number of nitrogens with one attached hydrogen (secondary N) is 1. The molecule has 0 spiro atoms. The third kappa shape index (κ3) is 5.21. The van der Waals surface area contributed by atoms with Crippen molar-refractivity contribution in [3.63, 3.8) is 0 Å². The Balaban J connectivity index is 1.70. The summed E-state index contributed by atoms with van der Waals surface area (Å²) in [6.07, 6.45) is 9.66. The second kappa shape index (κ2) is 9.89. The molecule has 0 aromatic heterocycles. The number of thioether (sulfide) groups is 1. The Morgan fingerprint density at radius 1 is 1.12 bits per heavy atom. The number of hydrogen-bond donors (Lipinski definition) is 1. The second-order valence-electron chi connectivity index (χ2n) is 10.9. The van der Waals surface area contributed by atoms with E-state index >= 15 is 0 Å². The fourth-order valence-electron chi connectivity index (χ4n) is 6.44. The molecule has 2 fully saturated rings. The van der Waals surface area contributed by atoms with Gasteiger partial charge in [-0.15, -0.1) is 11.8 Å².